The second-order valence-corrected chi connectivity index (χ2v) is 5.98. The van der Waals surface area contributed by atoms with Crippen molar-refractivity contribution in [3.05, 3.63) is 35.9 Å². The fourth-order valence-electron chi connectivity index (χ4n) is 2.28. The third-order valence-electron chi connectivity index (χ3n) is 3.45. The molecule has 0 heterocycles. The zero-order valence-electron chi connectivity index (χ0n) is 14.1. The quantitative estimate of drug-likeness (QED) is 0.683. The molecule has 1 aromatic carbocycles. The highest BCUT2D eigenvalue weighted by atomic mass is 16.5. The van der Waals surface area contributed by atoms with Gasteiger partial charge in [0.1, 0.15) is 12.1 Å². The predicted molar refractivity (Wildman–Crippen MR) is 88.8 cm³/mol. The molecule has 0 saturated heterocycles. The number of ether oxygens (including phenoxy) is 1. The lowest BCUT2D eigenvalue weighted by atomic mass is 10.0. The molecular weight excluding hydrogens is 294 g/mol. The number of amides is 1. The molecule has 5 heteroatoms. The van der Waals surface area contributed by atoms with Crippen molar-refractivity contribution in [2.45, 2.75) is 52.2 Å². The van der Waals surface area contributed by atoms with Gasteiger partial charge in [0.25, 0.3) is 0 Å². The first-order valence-corrected chi connectivity index (χ1v) is 8.13. The summed E-state index contributed by atoms with van der Waals surface area (Å²) < 4.78 is 4.98. The van der Waals surface area contributed by atoms with Gasteiger partial charge in [0.2, 0.25) is 5.91 Å². The van der Waals surface area contributed by atoms with Crippen LogP contribution in [-0.2, 0) is 20.7 Å². The number of hydrogen-bond acceptors (Lipinski definition) is 4. The number of aliphatic hydroxyl groups excluding tert-OH is 1. The van der Waals surface area contributed by atoms with E-state index in [-0.39, 0.29) is 12.5 Å². The summed E-state index contributed by atoms with van der Waals surface area (Å²) in [6.45, 7) is 5.91. The van der Waals surface area contributed by atoms with E-state index in [1.165, 1.54) is 0 Å². The number of aliphatic hydroxyl groups is 1. The topological polar surface area (TPSA) is 75.6 Å². The van der Waals surface area contributed by atoms with E-state index in [1.807, 2.05) is 44.2 Å². The standard InChI is InChI=1S/C18H27NO4/c1-4-23-18(22)15(12-13(2)3)19-17(21)16(20)11-10-14-8-6-5-7-9-14/h5-9,13,15-16,20H,4,10-12H2,1-3H3,(H,19,21). The number of nitrogens with one attached hydrogen (secondary N) is 1. The minimum atomic E-state index is -1.14. The van der Waals surface area contributed by atoms with Gasteiger partial charge in [-0.2, -0.15) is 0 Å². The first-order chi connectivity index (χ1) is 10.9. The van der Waals surface area contributed by atoms with Crippen LogP contribution in [0.2, 0.25) is 0 Å². The van der Waals surface area contributed by atoms with Gasteiger partial charge in [-0.05, 0) is 37.7 Å². The number of carbonyl (C=O) groups excluding carboxylic acids is 2. The Bertz CT molecular complexity index is 487. The van der Waals surface area contributed by atoms with E-state index in [0.717, 1.165) is 5.56 Å². The second kappa shape index (κ2) is 10.0. The smallest absolute Gasteiger partial charge is 0.328 e. The van der Waals surface area contributed by atoms with Crippen molar-refractivity contribution in [2.75, 3.05) is 6.61 Å². The van der Waals surface area contributed by atoms with Crippen molar-refractivity contribution in [1.29, 1.82) is 0 Å². The SMILES string of the molecule is CCOC(=O)C(CC(C)C)NC(=O)C(O)CCc1ccccc1. The van der Waals surface area contributed by atoms with Crippen molar-refractivity contribution >= 4 is 11.9 Å². The maximum atomic E-state index is 12.1. The number of benzene rings is 1. The van der Waals surface area contributed by atoms with E-state index < -0.39 is 24.0 Å². The van der Waals surface area contributed by atoms with E-state index in [2.05, 4.69) is 5.32 Å². The molecule has 5 nitrogen and oxygen atoms in total. The first kappa shape index (κ1) is 19.2. The van der Waals surface area contributed by atoms with Crippen LogP contribution < -0.4 is 5.32 Å². The molecule has 1 aromatic rings. The summed E-state index contributed by atoms with van der Waals surface area (Å²) in [5, 5.41) is 12.6. The van der Waals surface area contributed by atoms with Crippen molar-refractivity contribution in [1.82, 2.24) is 5.32 Å². The zero-order valence-corrected chi connectivity index (χ0v) is 14.1. The van der Waals surface area contributed by atoms with Gasteiger partial charge < -0.3 is 15.2 Å². The van der Waals surface area contributed by atoms with Crippen LogP contribution in [0.15, 0.2) is 30.3 Å². The summed E-state index contributed by atoms with van der Waals surface area (Å²) in [5.41, 5.74) is 1.06. The van der Waals surface area contributed by atoms with Crippen LogP contribution in [0.1, 0.15) is 39.2 Å². The molecule has 0 aromatic heterocycles. The summed E-state index contributed by atoms with van der Waals surface area (Å²) in [7, 11) is 0. The second-order valence-electron chi connectivity index (χ2n) is 5.98. The molecule has 2 unspecified atom stereocenters. The fourth-order valence-corrected chi connectivity index (χ4v) is 2.28. The third kappa shape index (κ3) is 7.28. The molecule has 0 bridgehead atoms. The third-order valence-corrected chi connectivity index (χ3v) is 3.45. The van der Waals surface area contributed by atoms with Gasteiger partial charge in [0, 0.05) is 0 Å². The van der Waals surface area contributed by atoms with Gasteiger partial charge in [-0.15, -0.1) is 0 Å². The number of esters is 1. The lowest BCUT2D eigenvalue weighted by Crippen LogP contribution is -2.47. The molecule has 23 heavy (non-hydrogen) atoms. The van der Waals surface area contributed by atoms with Crippen molar-refractivity contribution in [3.8, 4) is 0 Å². The zero-order chi connectivity index (χ0) is 17.2. The Morgan fingerprint density at radius 1 is 1.22 bits per heavy atom. The Kier molecular flexibility index (Phi) is 8.33. The van der Waals surface area contributed by atoms with Crippen LogP contribution in [0.3, 0.4) is 0 Å². The lowest BCUT2D eigenvalue weighted by molar-refractivity contribution is -0.149. The van der Waals surface area contributed by atoms with Crippen molar-refractivity contribution in [3.63, 3.8) is 0 Å². The molecule has 0 fully saturated rings. The fraction of sp³-hybridized carbons (Fsp3) is 0.556. The highest BCUT2D eigenvalue weighted by molar-refractivity contribution is 5.86. The molecule has 0 spiro atoms. The average molecular weight is 321 g/mol. The largest absolute Gasteiger partial charge is 0.464 e. The number of rotatable bonds is 9. The van der Waals surface area contributed by atoms with E-state index in [1.54, 1.807) is 6.92 Å². The molecule has 0 aliphatic carbocycles. The van der Waals surface area contributed by atoms with Crippen molar-refractivity contribution in [2.24, 2.45) is 5.92 Å². The molecule has 0 saturated carbocycles. The Morgan fingerprint density at radius 3 is 2.43 bits per heavy atom. The van der Waals surface area contributed by atoms with E-state index in [4.69, 9.17) is 4.74 Å². The van der Waals surface area contributed by atoms with Crippen LogP contribution in [0.25, 0.3) is 0 Å². The molecular formula is C18H27NO4. The lowest BCUT2D eigenvalue weighted by Gasteiger charge is -2.20. The maximum absolute atomic E-state index is 12.1. The van der Waals surface area contributed by atoms with Crippen LogP contribution in [0.5, 0.6) is 0 Å². The van der Waals surface area contributed by atoms with Gasteiger partial charge in [0.05, 0.1) is 6.61 Å². The Balaban J connectivity index is 2.53. The normalized spacial score (nSPS) is 13.4. The van der Waals surface area contributed by atoms with E-state index >= 15 is 0 Å². The number of hydrogen-bond donors (Lipinski definition) is 2. The molecule has 2 N–H and O–H groups in total. The summed E-state index contributed by atoms with van der Waals surface area (Å²) in [6.07, 6.45) is 0.256. The monoisotopic (exact) mass is 321 g/mol. The molecule has 1 rings (SSSR count). The number of aryl methyl sites for hydroxylation is 1. The minimum absolute atomic E-state index is 0.228. The molecule has 0 radical (unpaired) electrons. The van der Waals surface area contributed by atoms with Gasteiger partial charge in [-0.3, -0.25) is 4.79 Å². The Morgan fingerprint density at radius 2 is 1.87 bits per heavy atom. The summed E-state index contributed by atoms with van der Waals surface area (Å²) in [5.74, 6) is -0.754. The molecule has 0 aliphatic rings. The van der Waals surface area contributed by atoms with Gasteiger partial charge in [-0.25, -0.2) is 4.79 Å². The highest BCUT2D eigenvalue weighted by Gasteiger charge is 2.26. The highest BCUT2D eigenvalue weighted by Crippen LogP contribution is 2.09. The summed E-state index contributed by atoms with van der Waals surface area (Å²) >= 11 is 0. The van der Waals surface area contributed by atoms with Gasteiger partial charge >= 0.3 is 5.97 Å². The van der Waals surface area contributed by atoms with Crippen LogP contribution >= 0.6 is 0 Å². The number of carbonyl (C=O) groups is 2. The van der Waals surface area contributed by atoms with Gasteiger partial charge in [0.15, 0.2) is 0 Å². The molecule has 1 amide bonds. The Hall–Kier alpha value is -1.88. The maximum Gasteiger partial charge on any atom is 0.328 e. The average Bonchev–Trinajstić information content (AvgIpc) is 2.52. The van der Waals surface area contributed by atoms with E-state index in [9.17, 15) is 14.7 Å². The predicted octanol–water partition coefficient (Wildman–Crippen LogP) is 2.07. The van der Waals surface area contributed by atoms with Crippen molar-refractivity contribution < 1.29 is 19.4 Å². The molecule has 2 atom stereocenters. The molecule has 128 valence electrons. The van der Waals surface area contributed by atoms with Gasteiger partial charge in [-0.1, -0.05) is 44.2 Å². The summed E-state index contributed by atoms with van der Waals surface area (Å²) in [4.78, 5) is 24.0. The Labute approximate surface area is 138 Å². The van der Waals surface area contributed by atoms with E-state index in [0.29, 0.717) is 19.3 Å². The summed E-state index contributed by atoms with van der Waals surface area (Å²) in [6, 6.07) is 8.94. The first-order valence-electron chi connectivity index (χ1n) is 8.13. The van der Waals surface area contributed by atoms with Crippen LogP contribution in [-0.4, -0.2) is 35.7 Å². The minimum Gasteiger partial charge on any atom is -0.464 e. The van der Waals surface area contributed by atoms with Crippen LogP contribution in [0.4, 0.5) is 0 Å². The molecule has 0 aliphatic heterocycles. The van der Waals surface area contributed by atoms with Crippen LogP contribution in [0, 0.1) is 5.92 Å².